The molecule has 1 unspecified atom stereocenters. The molecule has 1 N–H and O–H groups in total. The van der Waals surface area contributed by atoms with Gasteiger partial charge in [0.25, 0.3) is 5.91 Å². The van der Waals surface area contributed by atoms with Gasteiger partial charge in [-0.3, -0.25) is 4.79 Å². The first-order valence-corrected chi connectivity index (χ1v) is 10.9. The quantitative estimate of drug-likeness (QED) is 0.460. The number of nitrogens with zero attached hydrogens (tertiary/aromatic N) is 1. The lowest BCUT2D eigenvalue weighted by atomic mass is 9.98. The highest BCUT2D eigenvalue weighted by Crippen LogP contribution is 2.25. The molecule has 0 radical (unpaired) electrons. The predicted molar refractivity (Wildman–Crippen MR) is 122 cm³/mol. The summed E-state index contributed by atoms with van der Waals surface area (Å²) in [5, 5.41) is 4.08. The molecule has 3 aromatic rings. The summed E-state index contributed by atoms with van der Waals surface area (Å²) in [5.41, 5.74) is 4.74. The molecule has 3 nitrogen and oxygen atoms in total. The van der Waals surface area contributed by atoms with Crippen LogP contribution in [-0.4, -0.2) is 17.4 Å². The van der Waals surface area contributed by atoms with Gasteiger partial charge in [0.05, 0.1) is 16.8 Å². The predicted octanol–water partition coefficient (Wildman–Crippen LogP) is 6.41. The van der Waals surface area contributed by atoms with Crippen molar-refractivity contribution in [1.82, 2.24) is 10.3 Å². The monoisotopic (exact) mass is 388 g/mol. The third-order valence-electron chi connectivity index (χ3n) is 5.71. The van der Waals surface area contributed by atoms with Crippen molar-refractivity contribution in [3.63, 3.8) is 0 Å². The second kappa shape index (κ2) is 10.2. The third-order valence-corrected chi connectivity index (χ3v) is 5.71. The van der Waals surface area contributed by atoms with Crippen molar-refractivity contribution < 1.29 is 4.79 Å². The smallest absolute Gasteiger partial charge is 0.252 e. The summed E-state index contributed by atoms with van der Waals surface area (Å²) in [4.78, 5) is 17.9. The van der Waals surface area contributed by atoms with Crippen molar-refractivity contribution >= 4 is 16.8 Å². The van der Waals surface area contributed by atoms with E-state index >= 15 is 0 Å². The van der Waals surface area contributed by atoms with Crippen LogP contribution in [0.5, 0.6) is 0 Å². The molecule has 1 aromatic heterocycles. The highest BCUT2D eigenvalue weighted by molar-refractivity contribution is 6.07. The maximum Gasteiger partial charge on any atom is 0.252 e. The topological polar surface area (TPSA) is 42.0 Å². The first kappa shape index (κ1) is 21.0. The number of carbonyl (C=O) groups excluding carboxylic acids is 1. The summed E-state index contributed by atoms with van der Waals surface area (Å²) in [5.74, 6) is 0.526. The zero-order chi connectivity index (χ0) is 20.6. The normalized spacial score (nSPS) is 12.1. The maximum atomic E-state index is 13.1. The number of rotatable bonds is 9. The van der Waals surface area contributed by atoms with E-state index in [9.17, 15) is 4.79 Å². The number of benzene rings is 2. The molecular formula is C26H32N2O. The van der Waals surface area contributed by atoms with Crippen molar-refractivity contribution in [3.8, 4) is 11.3 Å². The molecule has 29 heavy (non-hydrogen) atoms. The van der Waals surface area contributed by atoms with Gasteiger partial charge in [-0.25, -0.2) is 4.98 Å². The second-order valence-corrected chi connectivity index (χ2v) is 7.75. The fraction of sp³-hybridized carbons (Fsp3) is 0.385. The van der Waals surface area contributed by atoms with Crippen molar-refractivity contribution in [1.29, 1.82) is 0 Å². The molecule has 1 atom stereocenters. The van der Waals surface area contributed by atoms with Crippen molar-refractivity contribution in [2.24, 2.45) is 5.92 Å². The van der Waals surface area contributed by atoms with E-state index in [1.165, 1.54) is 24.8 Å². The van der Waals surface area contributed by atoms with E-state index in [0.717, 1.165) is 41.5 Å². The Kier molecular flexibility index (Phi) is 7.40. The molecule has 0 fully saturated rings. The van der Waals surface area contributed by atoms with E-state index in [-0.39, 0.29) is 5.91 Å². The van der Waals surface area contributed by atoms with Crippen LogP contribution in [0.4, 0.5) is 0 Å². The first-order valence-electron chi connectivity index (χ1n) is 10.9. The minimum Gasteiger partial charge on any atom is -0.352 e. The molecule has 3 heteroatoms. The van der Waals surface area contributed by atoms with Crippen LogP contribution in [0.1, 0.15) is 62.4 Å². The van der Waals surface area contributed by atoms with Crippen molar-refractivity contribution in [2.75, 3.05) is 6.54 Å². The highest BCUT2D eigenvalue weighted by atomic mass is 16.1. The van der Waals surface area contributed by atoms with E-state index < -0.39 is 0 Å². The number of carbonyl (C=O) groups is 1. The lowest BCUT2D eigenvalue weighted by Crippen LogP contribution is -2.29. The molecule has 152 valence electrons. The van der Waals surface area contributed by atoms with Gasteiger partial charge in [-0.05, 0) is 36.5 Å². The van der Waals surface area contributed by atoms with Gasteiger partial charge in [0, 0.05) is 17.5 Å². The number of pyridine rings is 1. The Bertz CT molecular complexity index is 947. The number of aryl methyl sites for hydroxylation is 1. The van der Waals surface area contributed by atoms with Crippen LogP contribution in [0.2, 0.25) is 0 Å². The summed E-state index contributed by atoms with van der Waals surface area (Å²) in [7, 11) is 0. The average molecular weight is 389 g/mol. The Hall–Kier alpha value is -2.68. The van der Waals surface area contributed by atoms with Gasteiger partial charge in [-0.15, -0.1) is 0 Å². The molecule has 0 saturated carbocycles. The third kappa shape index (κ3) is 5.23. The molecule has 0 aliphatic heterocycles. The number of hydrogen-bond acceptors (Lipinski definition) is 2. The number of unbranched alkanes of at least 4 members (excludes halogenated alkanes) is 1. The van der Waals surface area contributed by atoms with Gasteiger partial charge in [0.2, 0.25) is 0 Å². The molecule has 0 spiro atoms. The zero-order valence-electron chi connectivity index (χ0n) is 17.9. The van der Waals surface area contributed by atoms with Crippen molar-refractivity contribution in [2.45, 2.75) is 52.9 Å². The Balaban J connectivity index is 1.90. The molecule has 0 aliphatic rings. The number of para-hydroxylation sites is 1. The molecule has 1 amide bonds. The molecule has 1 heterocycles. The SMILES string of the molecule is CCCCC(CC)CNC(=O)c1cc(-c2ccc(CC)cc2)nc2ccccc12. The van der Waals surface area contributed by atoms with Crippen LogP contribution in [0.25, 0.3) is 22.2 Å². The van der Waals surface area contributed by atoms with Crippen LogP contribution in [0.3, 0.4) is 0 Å². The number of nitrogens with one attached hydrogen (secondary N) is 1. The lowest BCUT2D eigenvalue weighted by molar-refractivity contribution is 0.0947. The summed E-state index contributed by atoms with van der Waals surface area (Å²) in [6.07, 6.45) is 5.67. The van der Waals surface area contributed by atoms with E-state index in [1.54, 1.807) is 0 Å². The Morgan fingerprint density at radius 3 is 2.48 bits per heavy atom. The van der Waals surface area contributed by atoms with Crippen LogP contribution in [0.15, 0.2) is 54.6 Å². The van der Waals surface area contributed by atoms with Crippen LogP contribution >= 0.6 is 0 Å². The highest BCUT2D eigenvalue weighted by Gasteiger charge is 2.15. The van der Waals surface area contributed by atoms with E-state index in [2.05, 4.69) is 50.4 Å². The zero-order valence-corrected chi connectivity index (χ0v) is 17.9. The van der Waals surface area contributed by atoms with Gasteiger partial charge in [-0.1, -0.05) is 82.5 Å². The second-order valence-electron chi connectivity index (χ2n) is 7.75. The molecule has 0 saturated heterocycles. The maximum absolute atomic E-state index is 13.1. The van der Waals surface area contributed by atoms with Crippen LogP contribution < -0.4 is 5.32 Å². The summed E-state index contributed by atoms with van der Waals surface area (Å²) >= 11 is 0. The van der Waals surface area contributed by atoms with Gasteiger partial charge in [-0.2, -0.15) is 0 Å². The summed E-state index contributed by atoms with van der Waals surface area (Å²) < 4.78 is 0. The Morgan fingerprint density at radius 1 is 1.03 bits per heavy atom. The minimum atomic E-state index is -0.00928. The van der Waals surface area contributed by atoms with Gasteiger partial charge >= 0.3 is 0 Å². The largest absolute Gasteiger partial charge is 0.352 e. The number of aromatic nitrogens is 1. The van der Waals surface area contributed by atoms with E-state index in [4.69, 9.17) is 4.98 Å². The molecule has 3 rings (SSSR count). The van der Waals surface area contributed by atoms with Gasteiger partial charge in [0.1, 0.15) is 0 Å². The molecular weight excluding hydrogens is 356 g/mol. The minimum absolute atomic E-state index is 0.00928. The molecule has 0 aliphatic carbocycles. The summed E-state index contributed by atoms with van der Waals surface area (Å²) in [6.45, 7) is 7.29. The molecule has 0 bridgehead atoms. The van der Waals surface area contributed by atoms with E-state index in [0.29, 0.717) is 11.5 Å². The lowest BCUT2D eigenvalue weighted by Gasteiger charge is -2.16. The molecule has 2 aromatic carbocycles. The number of amides is 1. The first-order chi connectivity index (χ1) is 14.2. The Morgan fingerprint density at radius 2 is 1.79 bits per heavy atom. The van der Waals surface area contributed by atoms with Crippen LogP contribution in [0, 0.1) is 5.92 Å². The fourth-order valence-corrected chi connectivity index (χ4v) is 3.70. The van der Waals surface area contributed by atoms with Gasteiger partial charge in [0.15, 0.2) is 0 Å². The standard InChI is InChI=1S/C26H32N2O/c1-4-7-10-20(6-3)18-27-26(29)23-17-25(21-15-13-19(5-2)14-16-21)28-24-12-9-8-11-22(23)24/h8-9,11-17,20H,4-7,10,18H2,1-3H3,(H,27,29). The van der Waals surface area contributed by atoms with E-state index in [1.807, 2.05) is 30.3 Å². The van der Waals surface area contributed by atoms with Gasteiger partial charge < -0.3 is 5.32 Å². The summed E-state index contributed by atoms with van der Waals surface area (Å²) in [6, 6.07) is 18.3. The number of fused-ring (bicyclic) bond motifs is 1. The fourth-order valence-electron chi connectivity index (χ4n) is 3.70. The average Bonchev–Trinajstić information content (AvgIpc) is 2.78. The number of hydrogen-bond donors (Lipinski definition) is 1. The van der Waals surface area contributed by atoms with Crippen LogP contribution in [-0.2, 0) is 6.42 Å². The Labute approximate surface area is 174 Å². The van der Waals surface area contributed by atoms with Crippen molar-refractivity contribution in [3.05, 3.63) is 65.7 Å².